The molecule has 1 saturated heterocycles. The summed E-state index contributed by atoms with van der Waals surface area (Å²) in [5.41, 5.74) is 1.78. The van der Waals surface area contributed by atoms with Crippen LogP contribution in [-0.4, -0.2) is 44.5 Å². The number of carbonyl (C=O) groups is 1. The highest BCUT2D eigenvalue weighted by Gasteiger charge is 2.29. The number of hydrogen-bond donors (Lipinski definition) is 0. The number of anilines is 1. The second-order valence-electron chi connectivity index (χ2n) is 7.75. The average Bonchev–Trinajstić information content (AvgIpc) is 3.28. The molecule has 2 aliphatic heterocycles. The van der Waals surface area contributed by atoms with E-state index in [9.17, 15) is 4.79 Å². The van der Waals surface area contributed by atoms with Gasteiger partial charge in [0.25, 0.3) is 0 Å². The summed E-state index contributed by atoms with van der Waals surface area (Å²) in [5, 5.41) is 0. The zero-order valence-electron chi connectivity index (χ0n) is 18.3. The number of nitrogens with zero attached hydrogens (tertiary/aromatic N) is 2. The average molecular weight is 427 g/mol. The molecule has 1 fully saturated rings. The molecule has 0 atom stereocenters. The van der Waals surface area contributed by atoms with Gasteiger partial charge in [-0.25, -0.2) is 4.79 Å². The van der Waals surface area contributed by atoms with E-state index in [2.05, 4.69) is 6.92 Å². The summed E-state index contributed by atoms with van der Waals surface area (Å²) in [6.45, 7) is 4.88. The molecule has 7 nitrogen and oxygen atoms in total. The minimum absolute atomic E-state index is 0.0233. The Morgan fingerprint density at radius 2 is 1.97 bits per heavy atom. The van der Waals surface area contributed by atoms with Crippen LogP contribution in [0.25, 0.3) is 0 Å². The zero-order chi connectivity index (χ0) is 21.6. The topological polar surface area (TPSA) is 60.5 Å². The Bertz CT molecular complexity index is 917. The summed E-state index contributed by atoms with van der Waals surface area (Å²) in [7, 11) is 1.63. The van der Waals surface area contributed by atoms with Gasteiger partial charge >= 0.3 is 6.03 Å². The number of ether oxygens (including phenoxy) is 4. The Morgan fingerprint density at radius 3 is 2.81 bits per heavy atom. The van der Waals surface area contributed by atoms with E-state index < -0.39 is 0 Å². The molecule has 0 spiro atoms. The van der Waals surface area contributed by atoms with Crippen LogP contribution in [0.2, 0.25) is 0 Å². The minimum Gasteiger partial charge on any atom is -0.493 e. The second kappa shape index (κ2) is 9.81. The molecule has 2 heterocycles. The Kier molecular flexibility index (Phi) is 6.70. The molecule has 7 heteroatoms. The SMILES string of the molecule is CCCCCOc1cc(N2CCCN(Cc3cccc4c3OCO4)C2=O)ccc1OC. The van der Waals surface area contributed by atoms with Crippen LogP contribution in [0.1, 0.15) is 38.2 Å². The van der Waals surface area contributed by atoms with Gasteiger partial charge < -0.3 is 23.8 Å². The molecular formula is C24H30N2O5. The Balaban J connectivity index is 1.49. The normalized spacial score (nSPS) is 15.4. The smallest absolute Gasteiger partial charge is 0.324 e. The lowest BCUT2D eigenvalue weighted by Gasteiger charge is -2.36. The third kappa shape index (κ3) is 4.65. The van der Waals surface area contributed by atoms with Gasteiger partial charge in [0, 0.05) is 30.4 Å². The Hall–Kier alpha value is -3.09. The van der Waals surface area contributed by atoms with Crippen molar-refractivity contribution in [1.82, 2.24) is 4.90 Å². The summed E-state index contributed by atoms with van der Waals surface area (Å²) in [5.74, 6) is 2.82. The largest absolute Gasteiger partial charge is 0.493 e. The molecular weight excluding hydrogens is 396 g/mol. The van der Waals surface area contributed by atoms with E-state index in [0.29, 0.717) is 37.7 Å². The molecule has 0 aromatic heterocycles. The summed E-state index contributed by atoms with van der Waals surface area (Å²) in [4.78, 5) is 17.0. The number of para-hydroxylation sites is 1. The molecule has 0 unspecified atom stereocenters. The summed E-state index contributed by atoms with van der Waals surface area (Å²) in [6, 6.07) is 11.5. The van der Waals surface area contributed by atoms with Crippen LogP contribution in [0, 0.1) is 0 Å². The van der Waals surface area contributed by atoms with Crippen molar-refractivity contribution in [1.29, 1.82) is 0 Å². The van der Waals surface area contributed by atoms with E-state index in [0.717, 1.165) is 48.4 Å². The predicted molar refractivity (Wildman–Crippen MR) is 118 cm³/mol. The molecule has 2 aliphatic rings. The first-order valence-corrected chi connectivity index (χ1v) is 11.0. The molecule has 2 aromatic rings. The molecule has 2 aromatic carbocycles. The first-order chi connectivity index (χ1) is 15.2. The maximum atomic E-state index is 13.3. The predicted octanol–water partition coefficient (Wildman–Crippen LogP) is 4.83. The van der Waals surface area contributed by atoms with Crippen molar-refractivity contribution in [3.63, 3.8) is 0 Å². The number of hydrogen-bond acceptors (Lipinski definition) is 5. The number of carbonyl (C=O) groups excluding carboxylic acids is 1. The minimum atomic E-state index is -0.0233. The number of fused-ring (bicyclic) bond motifs is 1. The van der Waals surface area contributed by atoms with Crippen molar-refractivity contribution in [2.45, 2.75) is 39.2 Å². The third-order valence-corrected chi connectivity index (χ3v) is 5.61. The fraction of sp³-hybridized carbons (Fsp3) is 0.458. The van der Waals surface area contributed by atoms with Crippen molar-refractivity contribution < 1.29 is 23.7 Å². The lowest BCUT2D eigenvalue weighted by Crippen LogP contribution is -2.49. The molecule has 0 saturated carbocycles. The van der Waals surface area contributed by atoms with Gasteiger partial charge in [0.2, 0.25) is 6.79 Å². The fourth-order valence-electron chi connectivity index (χ4n) is 3.97. The maximum absolute atomic E-state index is 13.3. The van der Waals surface area contributed by atoms with Crippen molar-refractivity contribution in [2.24, 2.45) is 0 Å². The van der Waals surface area contributed by atoms with Gasteiger partial charge in [0.15, 0.2) is 23.0 Å². The van der Waals surface area contributed by atoms with E-state index in [1.165, 1.54) is 0 Å². The Labute approximate surface area is 183 Å². The van der Waals surface area contributed by atoms with Crippen LogP contribution < -0.4 is 23.8 Å². The van der Waals surface area contributed by atoms with Gasteiger partial charge in [0.1, 0.15) is 0 Å². The van der Waals surface area contributed by atoms with Gasteiger partial charge in [-0.05, 0) is 31.0 Å². The highest BCUT2D eigenvalue weighted by atomic mass is 16.7. The van der Waals surface area contributed by atoms with Gasteiger partial charge in [-0.1, -0.05) is 31.9 Å². The van der Waals surface area contributed by atoms with Crippen LogP contribution in [-0.2, 0) is 6.54 Å². The molecule has 0 radical (unpaired) electrons. The Morgan fingerprint density at radius 1 is 1.06 bits per heavy atom. The standard InChI is InChI=1S/C24H30N2O5/c1-3-4-5-14-29-22-15-19(10-11-20(22)28-2)26-13-7-12-25(24(26)27)16-18-8-6-9-21-23(18)31-17-30-21/h6,8-11,15H,3-5,7,12-14,16-17H2,1-2H3. The van der Waals surface area contributed by atoms with Gasteiger partial charge in [-0.3, -0.25) is 4.90 Å². The van der Waals surface area contributed by atoms with E-state index in [-0.39, 0.29) is 12.8 Å². The van der Waals surface area contributed by atoms with Crippen molar-refractivity contribution in [2.75, 3.05) is 38.5 Å². The van der Waals surface area contributed by atoms with Crippen molar-refractivity contribution in [3.8, 4) is 23.0 Å². The highest BCUT2D eigenvalue weighted by molar-refractivity contribution is 5.93. The van der Waals surface area contributed by atoms with E-state index in [1.807, 2.05) is 46.2 Å². The van der Waals surface area contributed by atoms with Gasteiger partial charge in [0.05, 0.1) is 20.3 Å². The first-order valence-electron chi connectivity index (χ1n) is 11.0. The summed E-state index contributed by atoms with van der Waals surface area (Å²) < 4.78 is 22.5. The van der Waals surface area contributed by atoms with Gasteiger partial charge in [-0.15, -0.1) is 0 Å². The molecule has 0 N–H and O–H groups in total. The number of benzene rings is 2. The van der Waals surface area contributed by atoms with Crippen LogP contribution in [0.15, 0.2) is 36.4 Å². The van der Waals surface area contributed by atoms with Crippen molar-refractivity contribution in [3.05, 3.63) is 42.0 Å². The monoisotopic (exact) mass is 426 g/mol. The summed E-state index contributed by atoms with van der Waals surface area (Å²) >= 11 is 0. The molecule has 166 valence electrons. The third-order valence-electron chi connectivity index (χ3n) is 5.61. The van der Waals surface area contributed by atoms with Gasteiger partial charge in [-0.2, -0.15) is 0 Å². The van der Waals surface area contributed by atoms with Crippen LogP contribution in [0.5, 0.6) is 23.0 Å². The lowest BCUT2D eigenvalue weighted by atomic mass is 10.1. The van der Waals surface area contributed by atoms with Crippen LogP contribution in [0.4, 0.5) is 10.5 Å². The van der Waals surface area contributed by atoms with Crippen molar-refractivity contribution >= 4 is 11.7 Å². The fourth-order valence-corrected chi connectivity index (χ4v) is 3.97. The number of methoxy groups -OCH3 is 1. The van der Waals surface area contributed by atoms with Crippen LogP contribution >= 0.6 is 0 Å². The number of unbranched alkanes of at least 4 members (excludes halogenated alkanes) is 2. The zero-order valence-corrected chi connectivity index (χ0v) is 18.3. The lowest BCUT2D eigenvalue weighted by molar-refractivity contribution is 0.171. The molecule has 4 rings (SSSR count). The number of urea groups is 1. The van der Waals surface area contributed by atoms with Crippen LogP contribution in [0.3, 0.4) is 0 Å². The maximum Gasteiger partial charge on any atom is 0.324 e. The van der Waals surface area contributed by atoms with E-state index in [1.54, 1.807) is 7.11 Å². The molecule has 31 heavy (non-hydrogen) atoms. The highest BCUT2D eigenvalue weighted by Crippen LogP contribution is 2.37. The number of amides is 2. The first kappa shape index (κ1) is 21.2. The molecule has 0 bridgehead atoms. The van der Waals surface area contributed by atoms with E-state index >= 15 is 0 Å². The quantitative estimate of drug-likeness (QED) is 0.538. The second-order valence-corrected chi connectivity index (χ2v) is 7.75. The summed E-state index contributed by atoms with van der Waals surface area (Å²) in [6.07, 6.45) is 4.14. The van der Waals surface area contributed by atoms with E-state index in [4.69, 9.17) is 18.9 Å². The number of rotatable bonds is 9. The molecule has 2 amide bonds. The molecule has 0 aliphatic carbocycles.